The van der Waals surface area contributed by atoms with Gasteiger partial charge < -0.3 is 9.30 Å². The standard InChI is InChI=1S/C20H21Cl2NO5S/c1-12-5-18(13(2)23(12)17-8-15(21)7-16(22)9-17)19(24)10-28-20(25)6-14-3-4-29(26,27)11-14/h5,7-9,14H,3-4,6,10-11H2,1-2H3. The summed E-state index contributed by atoms with van der Waals surface area (Å²) in [7, 11) is -3.05. The van der Waals surface area contributed by atoms with Crippen molar-refractivity contribution in [2.24, 2.45) is 5.92 Å². The van der Waals surface area contributed by atoms with Gasteiger partial charge in [0.25, 0.3) is 0 Å². The van der Waals surface area contributed by atoms with Gasteiger partial charge in [0.05, 0.1) is 11.5 Å². The fourth-order valence-corrected chi connectivity index (χ4v) is 6.04. The first-order valence-electron chi connectivity index (χ1n) is 9.10. The maximum absolute atomic E-state index is 12.6. The molecule has 1 fully saturated rings. The molecule has 0 N–H and O–H groups in total. The number of hydrogen-bond acceptors (Lipinski definition) is 5. The van der Waals surface area contributed by atoms with E-state index >= 15 is 0 Å². The first kappa shape index (κ1) is 21.9. The summed E-state index contributed by atoms with van der Waals surface area (Å²) >= 11 is 12.2. The highest BCUT2D eigenvalue weighted by Gasteiger charge is 2.30. The van der Waals surface area contributed by atoms with Crippen LogP contribution in [0.3, 0.4) is 0 Å². The number of nitrogens with zero attached hydrogens (tertiary/aromatic N) is 1. The molecule has 1 saturated heterocycles. The number of Topliss-reactive ketones (excluding diaryl/α,β-unsaturated/α-hetero) is 1. The molecule has 1 aliphatic rings. The van der Waals surface area contributed by atoms with Crippen molar-refractivity contribution in [2.75, 3.05) is 18.1 Å². The Hall–Kier alpha value is -1.83. The Balaban J connectivity index is 1.68. The zero-order valence-corrected chi connectivity index (χ0v) is 18.4. The Morgan fingerprint density at radius 3 is 2.38 bits per heavy atom. The van der Waals surface area contributed by atoms with E-state index in [4.69, 9.17) is 27.9 Å². The average molecular weight is 458 g/mol. The zero-order valence-electron chi connectivity index (χ0n) is 16.1. The topological polar surface area (TPSA) is 82.4 Å². The maximum atomic E-state index is 12.6. The number of hydrogen-bond donors (Lipinski definition) is 0. The zero-order chi connectivity index (χ0) is 21.3. The maximum Gasteiger partial charge on any atom is 0.306 e. The molecular formula is C20H21Cl2NO5S. The van der Waals surface area contributed by atoms with Crippen molar-refractivity contribution in [3.63, 3.8) is 0 Å². The van der Waals surface area contributed by atoms with E-state index in [1.54, 1.807) is 31.2 Å². The Bertz CT molecular complexity index is 1050. The van der Waals surface area contributed by atoms with Crippen molar-refractivity contribution in [3.8, 4) is 5.69 Å². The number of ether oxygens (including phenoxy) is 1. The first-order valence-corrected chi connectivity index (χ1v) is 11.7. The molecule has 2 heterocycles. The molecule has 1 unspecified atom stereocenters. The molecule has 156 valence electrons. The van der Waals surface area contributed by atoms with Crippen LogP contribution in [-0.2, 0) is 19.4 Å². The van der Waals surface area contributed by atoms with Crippen LogP contribution < -0.4 is 0 Å². The highest BCUT2D eigenvalue weighted by Crippen LogP contribution is 2.27. The molecular weight excluding hydrogens is 437 g/mol. The van der Waals surface area contributed by atoms with Crippen LogP contribution in [0.2, 0.25) is 10.0 Å². The second-order valence-corrected chi connectivity index (χ2v) is 10.4. The van der Waals surface area contributed by atoms with Crippen molar-refractivity contribution in [1.29, 1.82) is 0 Å². The number of halogens is 2. The Kier molecular flexibility index (Phi) is 6.41. The van der Waals surface area contributed by atoms with Gasteiger partial charge in [0.2, 0.25) is 5.78 Å². The molecule has 1 atom stereocenters. The molecule has 0 amide bonds. The van der Waals surface area contributed by atoms with Crippen molar-refractivity contribution in [3.05, 3.63) is 51.3 Å². The van der Waals surface area contributed by atoms with Crippen LogP contribution in [0.1, 0.15) is 34.6 Å². The lowest BCUT2D eigenvalue weighted by Crippen LogP contribution is -2.18. The Morgan fingerprint density at radius 1 is 1.14 bits per heavy atom. The summed E-state index contributed by atoms with van der Waals surface area (Å²) in [6.07, 6.45) is 0.460. The van der Waals surface area contributed by atoms with Crippen LogP contribution in [0.25, 0.3) is 5.69 Å². The van der Waals surface area contributed by atoms with Crippen LogP contribution in [0, 0.1) is 19.8 Å². The van der Waals surface area contributed by atoms with E-state index in [2.05, 4.69) is 0 Å². The fraction of sp³-hybridized carbons (Fsp3) is 0.400. The van der Waals surface area contributed by atoms with E-state index in [1.165, 1.54) is 0 Å². The van der Waals surface area contributed by atoms with E-state index in [1.807, 2.05) is 11.5 Å². The Morgan fingerprint density at radius 2 is 1.79 bits per heavy atom. The third-order valence-electron chi connectivity index (χ3n) is 4.98. The summed E-state index contributed by atoms with van der Waals surface area (Å²) in [4.78, 5) is 24.6. The molecule has 3 rings (SSSR count). The van der Waals surface area contributed by atoms with Gasteiger partial charge in [-0.25, -0.2) is 8.42 Å². The van der Waals surface area contributed by atoms with Crippen LogP contribution >= 0.6 is 23.2 Å². The van der Waals surface area contributed by atoms with Crippen LogP contribution in [0.4, 0.5) is 0 Å². The molecule has 0 bridgehead atoms. The average Bonchev–Trinajstić information content (AvgIpc) is 3.10. The van der Waals surface area contributed by atoms with Crippen molar-refractivity contribution in [1.82, 2.24) is 4.57 Å². The van der Waals surface area contributed by atoms with Gasteiger partial charge in [-0.1, -0.05) is 23.2 Å². The molecule has 0 aliphatic carbocycles. The molecule has 0 saturated carbocycles. The van der Waals surface area contributed by atoms with E-state index in [9.17, 15) is 18.0 Å². The lowest BCUT2D eigenvalue weighted by molar-refractivity contribution is -0.143. The molecule has 6 nitrogen and oxygen atoms in total. The number of ketones is 1. The molecule has 0 radical (unpaired) electrons. The molecule has 29 heavy (non-hydrogen) atoms. The summed E-state index contributed by atoms with van der Waals surface area (Å²) in [6, 6.07) is 6.85. The van der Waals surface area contributed by atoms with E-state index in [0.29, 0.717) is 27.7 Å². The third kappa shape index (κ3) is 5.21. The minimum atomic E-state index is -3.05. The number of esters is 1. The van der Waals surface area contributed by atoms with E-state index in [0.717, 1.165) is 11.4 Å². The van der Waals surface area contributed by atoms with Gasteiger partial charge in [-0.3, -0.25) is 9.59 Å². The number of rotatable bonds is 6. The largest absolute Gasteiger partial charge is 0.457 e. The van der Waals surface area contributed by atoms with E-state index < -0.39 is 15.8 Å². The molecule has 1 aliphatic heterocycles. The normalized spacial score (nSPS) is 18.0. The number of benzene rings is 1. The number of carbonyl (C=O) groups is 2. The highest BCUT2D eigenvalue weighted by atomic mass is 35.5. The van der Waals surface area contributed by atoms with E-state index in [-0.39, 0.29) is 36.2 Å². The highest BCUT2D eigenvalue weighted by molar-refractivity contribution is 7.91. The monoisotopic (exact) mass is 457 g/mol. The minimum absolute atomic E-state index is 0.000601. The quantitative estimate of drug-likeness (QED) is 0.484. The smallest absolute Gasteiger partial charge is 0.306 e. The molecule has 0 spiro atoms. The SMILES string of the molecule is Cc1cc(C(=O)COC(=O)CC2CCS(=O)(=O)C2)c(C)n1-c1cc(Cl)cc(Cl)c1. The van der Waals surface area contributed by atoms with Gasteiger partial charge in [0.15, 0.2) is 16.4 Å². The second-order valence-electron chi connectivity index (χ2n) is 7.30. The van der Waals surface area contributed by atoms with Crippen LogP contribution in [0.15, 0.2) is 24.3 Å². The van der Waals surface area contributed by atoms with Crippen LogP contribution in [-0.4, -0.2) is 42.9 Å². The lowest BCUT2D eigenvalue weighted by atomic mass is 10.1. The number of aromatic nitrogens is 1. The minimum Gasteiger partial charge on any atom is -0.457 e. The molecule has 2 aromatic rings. The summed E-state index contributed by atoms with van der Waals surface area (Å²) in [5.74, 6) is -1.02. The van der Waals surface area contributed by atoms with Crippen molar-refractivity contribution < 1.29 is 22.7 Å². The van der Waals surface area contributed by atoms with Gasteiger partial charge in [-0.05, 0) is 50.5 Å². The van der Waals surface area contributed by atoms with Crippen molar-refractivity contribution >= 4 is 44.8 Å². The van der Waals surface area contributed by atoms with Gasteiger partial charge in [-0.2, -0.15) is 0 Å². The molecule has 9 heteroatoms. The fourth-order valence-electron chi connectivity index (χ4n) is 3.66. The predicted molar refractivity (Wildman–Crippen MR) is 112 cm³/mol. The number of sulfone groups is 1. The third-order valence-corrected chi connectivity index (χ3v) is 7.26. The summed E-state index contributed by atoms with van der Waals surface area (Å²) in [5.41, 5.74) is 2.67. The molecule has 1 aromatic carbocycles. The summed E-state index contributed by atoms with van der Waals surface area (Å²) in [5, 5.41) is 0.964. The first-order chi connectivity index (χ1) is 13.6. The van der Waals surface area contributed by atoms with Gasteiger partial charge in [0.1, 0.15) is 0 Å². The van der Waals surface area contributed by atoms with Gasteiger partial charge in [-0.15, -0.1) is 0 Å². The number of carbonyl (C=O) groups excluding carboxylic acids is 2. The summed E-state index contributed by atoms with van der Waals surface area (Å²) in [6.45, 7) is 3.25. The predicted octanol–water partition coefficient (Wildman–Crippen LogP) is 3.95. The number of aryl methyl sites for hydroxylation is 1. The summed E-state index contributed by atoms with van der Waals surface area (Å²) < 4.78 is 29.9. The molecule has 1 aromatic heterocycles. The van der Waals surface area contributed by atoms with Gasteiger partial charge >= 0.3 is 5.97 Å². The lowest BCUT2D eigenvalue weighted by Gasteiger charge is -2.11. The van der Waals surface area contributed by atoms with Gasteiger partial charge in [0, 0.05) is 39.1 Å². The van der Waals surface area contributed by atoms with Crippen molar-refractivity contribution in [2.45, 2.75) is 26.7 Å². The second kappa shape index (κ2) is 8.50. The Labute approximate surface area is 179 Å². The van der Waals surface area contributed by atoms with Crippen LogP contribution in [0.5, 0.6) is 0 Å².